The molecule has 1 aliphatic heterocycles. The van der Waals surface area contributed by atoms with Crippen LogP contribution in [0.4, 0.5) is 5.69 Å². The van der Waals surface area contributed by atoms with Crippen LogP contribution in [0.3, 0.4) is 0 Å². The summed E-state index contributed by atoms with van der Waals surface area (Å²) in [5.41, 5.74) is 2.08. The highest BCUT2D eigenvalue weighted by Crippen LogP contribution is 2.28. The number of hydrogen-bond acceptors (Lipinski definition) is 4. The molecule has 0 aliphatic carbocycles. The van der Waals surface area contributed by atoms with Gasteiger partial charge in [-0.25, -0.2) is 0 Å². The van der Waals surface area contributed by atoms with Crippen LogP contribution in [-0.2, 0) is 14.9 Å². The van der Waals surface area contributed by atoms with Crippen LogP contribution in [0, 0.1) is 0 Å². The third-order valence-electron chi connectivity index (χ3n) is 5.47. The van der Waals surface area contributed by atoms with E-state index in [-0.39, 0.29) is 24.0 Å². The van der Waals surface area contributed by atoms with Crippen LogP contribution in [0.2, 0.25) is 0 Å². The second-order valence-corrected chi connectivity index (χ2v) is 8.07. The Morgan fingerprint density at radius 3 is 2.62 bits per heavy atom. The highest BCUT2D eigenvalue weighted by atomic mass is 16.5. The van der Waals surface area contributed by atoms with Gasteiger partial charge < -0.3 is 19.5 Å². The molecule has 1 saturated heterocycles. The number of nitrogens with one attached hydrogen (secondary N) is 1. The first-order chi connectivity index (χ1) is 14.0. The van der Waals surface area contributed by atoms with Crippen LogP contribution in [0.1, 0.15) is 45.6 Å². The summed E-state index contributed by atoms with van der Waals surface area (Å²) in [6, 6.07) is 15.3. The van der Waals surface area contributed by atoms with E-state index < -0.39 is 0 Å². The lowest BCUT2D eigenvalue weighted by Gasteiger charge is -2.23. The zero-order valence-electron chi connectivity index (χ0n) is 17.6. The summed E-state index contributed by atoms with van der Waals surface area (Å²) in [5, 5.41) is 2.85. The Bertz CT molecular complexity index is 795. The molecule has 0 spiro atoms. The standard InChI is InChI=1S/C24H31NO4/c1-4-24(2,3)18-10-12-20(13-11-18)29-17-23(26)25-19-7-5-8-21(15-19)28-16-22-9-6-14-27-22/h5,7-8,10-13,15,22H,4,6,9,14,16-17H2,1-3H3,(H,25,26). The smallest absolute Gasteiger partial charge is 0.262 e. The molecule has 1 aliphatic rings. The van der Waals surface area contributed by atoms with E-state index in [9.17, 15) is 4.79 Å². The summed E-state index contributed by atoms with van der Waals surface area (Å²) in [6.45, 7) is 7.91. The van der Waals surface area contributed by atoms with Crippen LogP contribution in [0.5, 0.6) is 11.5 Å². The van der Waals surface area contributed by atoms with Gasteiger partial charge in [-0.2, -0.15) is 0 Å². The average molecular weight is 398 g/mol. The molecule has 0 aromatic heterocycles. The van der Waals surface area contributed by atoms with Gasteiger partial charge in [0.2, 0.25) is 0 Å². The molecule has 156 valence electrons. The minimum atomic E-state index is -0.209. The lowest BCUT2D eigenvalue weighted by atomic mass is 9.82. The maximum absolute atomic E-state index is 12.2. The third kappa shape index (κ3) is 6.23. The molecule has 5 heteroatoms. The average Bonchev–Trinajstić information content (AvgIpc) is 3.25. The quantitative estimate of drug-likeness (QED) is 0.650. The van der Waals surface area contributed by atoms with Crippen LogP contribution in [0.25, 0.3) is 0 Å². The molecule has 2 aromatic rings. The van der Waals surface area contributed by atoms with Crippen molar-refractivity contribution in [2.75, 3.05) is 25.1 Å². The minimum Gasteiger partial charge on any atom is -0.491 e. The second-order valence-electron chi connectivity index (χ2n) is 8.07. The SMILES string of the molecule is CCC(C)(C)c1ccc(OCC(=O)Nc2cccc(OCC3CCCO3)c2)cc1. The van der Waals surface area contributed by atoms with Gasteiger partial charge in [0.1, 0.15) is 18.1 Å². The van der Waals surface area contributed by atoms with Crippen molar-refractivity contribution in [2.45, 2.75) is 51.6 Å². The van der Waals surface area contributed by atoms with E-state index in [4.69, 9.17) is 14.2 Å². The van der Waals surface area contributed by atoms with Crippen LogP contribution >= 0.6 is 0 Å². The van der Waals surface area contributed by atoms with Gasteiger partial charge in [-0.3, -0.25) is 4.79 Å². The minimum absolute atomic E-state index is 0.0441. The first-order valence-corrected chi connectivity index (χ1v) is 10.3. The monoisotopic (exact) mass is 397 g/mol. The van der Waals surface area contributed by atoms with Crippen molar-refractivity contribution in [3.05, 3.63) is 54.1 Å². The largest absolute Gasteiger partial charge is 0.491 e. The predicted octanol–water partition coefficient (Wildman–Crippen LogP) is 4.95. The van der Waals surface area contributed by atoms with E-state index in [1.54, 1.807) is 0 Å². The summed E-state index contributed by atoms with van der Waals surface area (Å²) in [5.74, 6) is 1.19. The number of anilines is 1. The number of carbonyl (C=O) groups is 1. The Morgan fingerprint density at radius 1 is 1.14 bits per heavy atom. The van der Waals surface area contributed by atoms with Crippen LogP contribution in [0.15, 0.2) is 48.5 Å². The Hall–Kier alpha value is -2.53. The number of hydrogen-bond donors (Lipinski definition) is 1. The molecule has 1 N–H and O–H groups in total. The lowest BCUT2D eigenvalue weighted by Crippen LogP contribution is -2.20. The molecule has 1 heterocycles. The van der Waals surface area contributed by atoms with E-state index in [0.717, 1.165) is 25.9 Å². The maximum atomic E-state index is 12.2. The van der Waals surface area contributed by atoms with Gasteiger partial charge in [-0.05, 0) is 54.5 Å². The Morgan fingerprint density at radius 2 is 1.93 bits per heavy atom. The van der Waals surface area contributed by atoms with Crippen molar-refractivity contribution in [3.8, 4) is 11.5 Å². The summed E-state index contributed by atoms with van der Waals surface area (Å²) in [7, 11) is 0. The molecule has 0 bridgehead atoms. The zero-order valence-corrected chi connectivity index (χ0v) is 17.6. The fourth-order valence-electron chi connectivity index (χ4n) is 3.18. The molecule has 1 amide bonds. The highest BCUT2D eigenvalue weighted by molar-refractivity contribution is 5.92. The topological polar surface area (TPSA) is 56.8 Å². The molecule has 3 rings (SSSR count). The summed E-state index contributed by atoms with van der Waals surface area (Å²) in [4.78, 5) is 12.2. The van der Waals surface area contributed by atoms with Crippen molar-refractivity contribution in [3.63, 3.8) is 0 Å². The number of benzene rings is 2. The van der Waals surface area contributed by atoms with E-state index in [1.165, 1.54) is 5.56 Å². The van der Waals surface area contributed by atoms with Crippen LogP contribution < -0.4 is 14.8 Å². The number of amides is 1. The van der Waals surface area contributed by atoms with Crippen LogP contribution in [-0.4, -0.2) is 31.8 Å². The predicted molar refractivity (Wildman–Crippen MR) is 115 cm³/mol. The fraction of sp³-hybridized carbons (Fsp3) is 0.458. The van der Waals surface area contributed by atoms with Gasteiger partial charge in [-0.1, -0.05) is 39.0 Å². The molecule has 0 radical (unpaired) electrons. The van der Waals surface area contributed by atoms with E-state index >= 15 is 0 Å². The normalized spacial score (nSPS) is 16.4. The molecule has 1 unspecified atom stereocenters. The van der Waals surface area contributed by atoms with Gasteiger partial charge in [0, 0.05) is 18.4 Å². The van der Waals surface area contributed by atoms with Crippen molar-refractivity contribution < 1.29 is 19.0 Å². The van der Waals surface area contributed by atoms with E-state index in [0.29, 0.717) is 23.8 Å². The Kier molecular flexibility index (Phi) is 7.15. The molecule has 1 atom stereocenters. The van der Waals surface area contributed by atoms with Gasteiger partial charge >= 0.3 is 0 Å². The molecular formula is C24H31NO4. The molecule has 2 aromatic carbocycles. The molecule has 29 heavy (non-hydrogen) atoms. The molecule has 5 nitrogen and oxygen atoms in total. The number of carbonyl (C=O) groups excluding carboxylic acids is 1. The number of ether oxygens (including phenoxy) is 3. The lowest BCUT2D eigenvalue weighted by molar-refractivity contribution is -0.118. The fourth-order valence-corrected chi connectivity index (χ4v) is 3.18. The van der Waals surface area contributed by atoms with Crippen molar-refractivity contribution in [1.82, 2.24) is 0 Å². The third-order valence-corrected chi connectivity index (χ3v) is 5.47. The first-order valence-electron chi connectivity index (χ1n) is 10.3. The van der Waals surface area contributed by atoms with E-state index in [1.807, 2.05) is 36.4 Å². The van der Waals surface area contributed by atoms with Crippen molar-refractivity contribution in [2.24, 2.45) is 0 Å². The summed E-state index contributed by atoms with van der Waals surface area (Å²) >= 11 is 0. The Labute approximate surface area is 173 Å². The van der Waals surface area contributed by atoms with Gasteiger partial charge in [0.15, 0.2) is 6.61 Å². The molecule has 1 fully saturated rings. The maximum Gasteiger partial charge on any atom is 0.262 e. The van der Waals surface area contributed by atoms with Gasteiger partial charge in [0.05, 0.1) is 6.10 Å². The van der Waals surface area contributed by atoms with Crippen molar-refractivity contribution >= 4 is 11.6 Å². The van der Waals surface area contributed by atoms with Gasteiger partial charge in [-0.15, -0.1) is 0 Å². The summed E-state index contributed by atoms with van der Waals surface area (Å²) < 4.78 is 17.0. The highest BCUT2D eigenvalue weighted by Gasteiger charge is 2.18. The Balaban J connectivity index is 1.47. The first kappa shape index (κ1) is 21.2. The molecule has 0 saturated carbocycles. The zero-order chi connectivity index (χ0) is 20.7. The van der Waals surface area contributed by atoms with Crippen molar-refractivity contribution in [1.29, 1.82) is 0 Å². The second kappa shape index (κ2) is 9.79. The number of rotatable bonds is 9. The summed E-state index contributed by atoms with van der Waals surface area (Å²) in [6.07, 6.45) is 3.34. The molecular weight excluding hydrogens is 366 g/mol. The van der Waals surface area contributed by atoms with Gasteiger partial charge in [0.25, 0.3) is 5.91 Å². The van der Waals surface area contributed by atoms with E-state index in [2.05, 4.69) is 38.2 Å².